The van der Waals surface area contributed by atoms with Gasteiger partial charge < -0.3 is 14.8 Å². The first-order chi connectivity index (χ1) is 11.7. The van der Waals surface area contributed by atoms with E-state index in [0.29, 0.717) is 6.54 Å². The summed E-state index contributed by atoms with van der Waals surface area (Å²) in [7, 11) is 2.07. The molecule has 0 saturated carbocycles. The van der Waals surface area contributed by atoms with Crippen LogP contribution in [0.25, 0.3) is 0 Å². The number of aliphatic imine (C=N–C) groups is 1. The molecule has 1 aromatic heterocycles. The smallest absolute Gasteiger partial charge is 0.194 e. The summed E-state index contributed by atoms with van der Waals surface area (Å²) >= 11 is 0. The number of hydrogen-bond donors (Lipinski definition) is 1. The number of nitrogens with one attached hydrogen (secondary N) is 1. The van der Waals surface area contributed by atoms with Crippen LogP contribution in [0.1, 0.15) is 30.8 Å². The summed E-state index contributed by atoms with van der Waals surface area (Å²) in [6.45, 7) is 9.51. The first kappa shape index (κ1) is 18.0. The lowest BCUT2D eigenvalue weighted by atomic mass is 10.1. The lowest BCUT2D eigenvalue weighted by molar-refractivity contribution is 0.474. The highest BCUT2D eigenvalue weighted by molar-refractivity contribution is 5.79. The molecule has 0 amide bonds. The topological polar surface area (TPSA) is 58.3 Å². The van der Waals surface area contributed by atoms with Crippen LogP contribution in [0, 0.1) is 6.92 Å². The summed E-state index contributed by atoms with van der Waals surface area (Å²) in [5, 5.41) is 11.4. The van der Waals surface area contributed by atoms with Crippen molar-refractivity contribution in [1.29, 1.82) is 0 Å². The number of nitrogens with zero attached hydrogens (tertiary/aromatic N) is 5. The van der Waals surface area contributed by atoms with Gasteiger partial charge in [0.1, 0.15) is 12.2 Å². The number of hydrogen-bond acceptors (Lipinski definition) is 3. The number of guanidine groups is 1. The van der Waals surface area contributed by atoms with Crippen LogP contribution in [0.15, 0.2) is 35.6 Å². The minimum atomic E-state index is 0.700. The maximum absolute atomic E-state index is 4.74. The molecule has 0 aliphatic heterocycles. The van der Waals surface area contributed by atoms with E-state index in [4.69, 9.17) is 4.99 Å². The van der Waals surface area contributed by atoms with Crippen molar-refractivity contribution < 1.29 is 0 Å². The van der Waals surface area contributed by atoms with Crippen molar-refractivity contribution in [2.75, 3.05) is 20.1 Å². The minimum absolute atomic E-state index is 0.700. The fraction of sp³-hybridized carbons (Fsp3) is 0.500. The fourth-order valence-corrected chi connectivity index (χ4v) is 2.59. The van der Waals surface area contributed by atoms with E-state index in [9.17, 15) is 0 Å². The molecule has 0 bridgehead atoms. The van der Waals surface area contributed by atoms with Gasteiger partial charge in [0.15, 0.2) is 5.96 Å². The zero-order valence-electron chi connectivity index (χ0n) is 15.2. The molecular formula is C18H28N6. The Balaban J connectivity index is 2.00. The number of aryl methyl sites for hydroxylation is 2. The molecule has 130 valence electrons. The van der Waals surface area contributed by atoms with Gasteiger partial charge in [0, 0.05) is 33.1 Å². The minimum Gasteiger partial charge on any atom is -0.357 e. The summed E-state index contributed by atoms with van der Waals surface area (Å²) in [5.41, 5.74) is 2.62. The fourth-order valence-electron chi connectivity index (χ4n) is 2.59. The van der Waals surface area contributed by atoms with Crippen molar-refractivity contribution in [2.24, 2.45) is 4.99 Å². The quantitative estimate of drug-likeness (QED) is 0.625. The van der Waals surface area contributed by atoms with Gasteiger partial charge in [0.2, 0.25) is 0 Å². The molecule has 2 rings (SSSR count). The van der Waals surface area contributed by atoms with Crippen LogP contribution in [0.4, 0.5) is 0 Å². The van der Waals surface area contributed by atoms with E-state index in [1.807, 2.05) is 0 Å². The van der Waals surface area contributed by atoms with Crippen LogP contribution in [0.5, 0.6) is 0 Å². The van der Waals surface area contributed by atoms with Crippen LogP contribution in [-0.4, -0.2) is 45.8 Å². The van der Waals surface area contributed by atoms with E-state index >= 15 is 0 Å². The van der Waals surface area contributed by atoms with Gasteiger partial charge in [0.05, 0.1) is 6.54 Å². The van der Waals surface area contributed by atoms with Gasteiger partial charge in [-0.15, -0.1) is 10.2 Å². The standard InChI is InChI=1S/C18H28N6/c1-5-17-22-21-14-24(17)12-11-20-18(19-6-2)23(4)13-16-10-8-7-9-15(16)3/h7-10,14H,5-6,11-13H2,1-4H3,(H,19,20). The maximum atomic E-state index is 4.74. The molecule has 0 spiro atoms. The molecule has 0 fully saturated rings. The Morgan fingerprint density at radius 1 is 1.29 bits per heavy atom. The van der Waals surface area contributed by atoms with Gasteiger partial charge in [0.25, 0.3) is 0 Å². The van der Waals surface area contributed by atoms with E-state index < -0.39 is 0 Å². The highest BCUT2D eigenvalue weighted by atomic mass is 15.3. The molecule has 6 nitrogen and oxygen atoms in total. The van der Waals surface area contributed by atoms with Crippen molar-refractivity contribution in [2.45, 2.75) is 40.3 Å². The number of aromatic nitrogens is 3. The van der Waals surface area contributed by atoms with Crippen LogP contribution in [-0.2, 0) is 19.5 Å². The van der Waals surface area contributed by atoms with Crippen molar-refractivity contribution >= 4 is 5.96 Å². The monoisotopic (exact) mass is 328 g/mol. The SMILES string of the molecule is CCNC(=NCCn1cnnc1CC)N(C)Cc1ccccc1C. The molecule has 0 saturated heterocycles. The summed E-state index contributed by atoms with van der Waals surface area (Å²) < 4.78 is 2.06. The molecule has 1 heterocycles. The molecule has 0 aliphatic rings. The van der Waals surface area contributed by atoms with Gasteiger partial charge in [-0.2, -0.15) is 0 Å². The largest absolute Gasteiger partial charge is 0.357 e. The average molecular weight is 328 g/mol. The Morgan fingerprint density at radius 3 is 2.79 bits per heavy atom. The summed E-state index contributed by atoms with van der Waals surface area (Å²) in [4.78, 5) is 6.91. The average Bonchev–Trinajstić information content (AvgIpc) is 3.03. The van der Waals surface area contributed by atoms with Crippen LogP contribution in [0.2, 0.25) is 0 Å². The molecule has 0 unspecified atom stereocenters. The molecule has 1 aromatic carbocycles. The normalized spacial score (nSPS) is 11.6. The van der Waals surface area contributed by atoms with Crippen LogP contribution >= 0.6 is 0 Å². The highest BCUT2D eigenvalue weighted by Crippen LogP contribution is 2.09. The van der Waals surface area contributed by atoms with E-state index in [2.05, 4.69) is 77.1 Å². The van der Waals surface area contributed by atoms with Gasteiger partial charge in [-0.1, -0.05) is 31.2 Å². The summed E-state index contributed by atoms with van der Waals surface area (Å²) in [6, 6.07) is 8.47. The van der Waals surface area contributed by atoms with Crippen molar-refractivity contribution in [3.63, 3.8) is 0 Å². The molecule has 0 atom stereocenters. The number of rotatable bonds is 7. The molecule has 0 radical (unpaired) electrons. The second-order valence-electron chi connectivity index (χ2n) is 5.81. The first-order valence-corrected chi connectivity index (χ1v) is 8.56. The molecular weight excluding hydrogens is 300 g/mol. The number of benzene rings is 1. The molecule has 0 aliphatic carbocycles. The van der Waals surface area contributed by atoms with Crippen molar-refractivity contribution in [1.82, 2.24) is 25.0 Å². The van der Waals surface area contributed by atoms with Gasteiger partial charge in [-0.25, -0.2) is 0 Å². The van der Waals surface area contributed by atoms with E-state index in [0.717, 1.165) is 37.8 Å². The predicted molar refractivity (Wildman–Crippen MR) is 98.0 cm³/mol. The van der Waals surface area contributed by atoms with Crippen LogP contribution < -0.4 is 5.32 Å². The second kappa shape index (κ2) is 9.05. The van der Waals surface area contributed by atoms with Crippen LogP contribution in [0.3, 0.4) is 0 Å². The van der Waals surface area contributed by atoms with E-state index in [-0.39, 0.29) is 0 Å². The molecule has 1 N–H and O–H groups in total. The van der Waals surface area contributed by atoms with E-state index in [1.54, 1.807) is 6.33 Å². The Labute approximate surface area is 144 Å². The van der Waals surface area contributed by atoms with Gasteiger partial charge >= 0.3 is 0 Å². The Kier molecular flexibility index (Phi) is 6.78. The summed E-state index contributed by atoms with van der Waals surface area (Å²) in [6.07, 6.45) is 2.66. The lowest BCUT2D eigenvalue weighted by Gasteiger charge is -2.23. The molecule has 24 heavy (non-hydrogen) atoms. The zero-order valence-corrected chi connectivity index (χ0v) is 15.2. The van der Waals surface area contributed by atoms with E-state index in [1.165, 1.54) is 11.1 Å². The molecule has 6 heteroatoms. The van der Waals surface area contributed by atoms with Gasteiger partial charge in [-0.3, -0.25) is 4.99 Å². The zero-order chi connectivity index (χ0) is 17.4. The third-order valence-corrected chi connectivity index (χ3v) is 3.98. The maximum Gasteiger partial charge on any atom is 0.194 e. The third kappa shape index (κ3) is 4.81. The third-order valence-electron chi connectivity index (χ3n) is 3.98. The Morgan fingerprint density at radius 2 is 2.08 bits per heavy atom. The predicted octanol–water partition coefficient (Wildman–Crippen LogP) is 2.25. The lowest BCUT2D eigenvalue weighted by Crippen LogP contribution is -2.38. The van der Waals surface area contributed by atoms with Gasteiger partial charge in [-0.05, 0) is 25.0 Å². The first-order valence-electron chi connectivity index (χ1n) is 8.56. The molecule has 2 aromatic rings. The Hall–Kier alpha value is -2.37. The van der Waals surface area contributed by atoms with Crippen molar-refractivity contribution in [3.05, 3.63) is 47.5 Å². The highest BCUT2D eigenvalue weighted by Gasteiger charge is 2.08. The van der Waals surface area contributed by atoms with Crippen molar-refractivity contribution in [3.8, 4) is 0 Å². The Bertz CT molecular complexity index is 661. The second-order valence-corrected chi connectivity index (χ2v) is 5.81. The summed E-state index contributed by atoms with van der Waals surface area (Å²) in [5.74, 6) is 1.93.